The van der Waals surface area contributed by atoms with Crippen LogP contribution in [-0.4, -0.2) is 18.0 Å². The van der Waals surface area contributed by atoms with Crippen LogP contribution in [0.25, 0.3) is 39.0 Å². The Labute approximate surface area is 239 Å². The van der Waals surface area contributed by atoms with Crippen LogP contribution in [0, 0.1) is 0 Å². The molecule has 1 unspecified atom stereocenters. The van der Waals surface area contributed by atoms with Crippen LogP contribution in [-0.2, 0) is 29.1 Å². The van der Waals surface area contributed by atoms with Crippen LogP contribution in [0.4, 0.5) is 0 Å². The molecule has 0 fully saturated rings. The summed E-state index contributed by atoms with van der Waals surface area (Å²) in [4.78, 5) is 5.67. The molecule has 5 aromatic carbocycles. The first kappa shape index (κ1) is 24.3. The van der Waals surface area contributed by atoms with Crippen molar-refractivity contribution in [2.75, 3.05) is 0 Å². The van der Waals surface area contributed by atoms with Crippen LogP contribution in [0.5, 0.6) is 0 Å². The van der Waals surface area contributed by atoms with Gasteiger partial charge in [-0.25, -0.2) is 13.4 Å². The number of hydrogen-bond acceptors (Lipinski definition) is 3. The molecule has 2 aliphatic rings. The van der Waals surface area contributed by atoms with E-state index < -0.39 is 9.84 Å². The molecule has 0 radical (unpaired) electrons. The molecule has 4 nitrogen and oxygen atoms in total. The fourth-order valence-corrected chi connectivity index (χ4v) is 8.47. The van der Waals surface area contributed by atoms with Gasteiger partial charge in [-0.3, -0.25) is 4.57 Å². The molecule has 200 valence electrons. The molecule has 0 amide bonds. The molecule has 0 bridgehead atoms. The van der Waals surface area contributed by atoms with Crippen molar-refractivity contribution in [1.82, 2.24) is 9.55 Å². The van der Waals surface area contributed by atoms with Gasteiger partial charge in [0, 0.05) is 12.0 Å². The zero-order valence-corrected chi connectivity index (χ0v) is 23.5. The molecule has 5 heteroatoms. The van der Waals surface area contributed by atoms with Crippen LogP contribution in [0.3, 0.4) is 0 Å². The molecule has 0 spiro atoms. The minimum absolute atomic E-state index is 0.329. The molecule has 8 rings (SSSR count). The average Bonchev–Trinajstić information content (AvgIpc) is 3.40. The van der Waals surface area contributed by atoms with Gasteiger partial charge in [0.1, 0.15) is 5.82 Å². The molecule has 1 aliphatic heterocycles. The van der Waals surface area contributed by atoms with E-state index in [0.29, 0.717) is 33.3 Å². The highest BCUT2D eigenvalue weighted by Crippen LogP contribution is 2.43. The zero-order valence-electron chi connectivity index (χ0n) is 22.7. The summed E-state index contributed by atoms with van der Waals surface area (Å²) in [5.74, 6) is 1.28. The van der Waals surface area contributed by atoms with E-state index >= 15 is 0 Å². The third-order valence-electron chi connectivity index (χ3n) is 8.76. The average molecular weight is 553 g/mol. The van der Waals surface area contributed by atoms with Gasteiger partial charge in [0.25, 0.3) is 0 Å². The van der Waals surface area contributed by atoms with Gasteiger partial charge in [-0.05, 0) is 70.3 Å². The number of nitrogens with zero attached hydrogens (tertiary/aromatic N) is 2. The van der Waals surface area contributed by atoms with E-state index in [1.54, 1.807) is 18.2 Å². The second kappa shape index (κ2) is 9.02. The first-order valence-electron chi connectivity index (χ1n) is 14.2. The Morgan fingerprint density at radius 1 is 0.756 bits per heavy atom. The van der Waals surface area contributed by atoms with E-state index in [-0.39, 0.29) is 0 Å². The minimum Gasteiger partial charge on any atom is -0.294 e. The van der Waals surface area contributed by atoms with Gasteiger partial charge >= 0.3 is 0 Å². The summed E-state index contributed by atoms with van der Waals surface area (Å²) in [5.41, 5.74) is 10.9. The number of aryl methyl sites for hydroxylation is 1. The molecular weight excluding hydrogens is 524 g/mol. The fourth-order valence-electron chi connectivity index (χ4n) is 6.85. The number of fused-ring (bicyclic) bond motifs is 5. The lowest BCUT2D eigenvalue weighted by Gasteiger charge is -2.28. The summed E-state index contributed by atoms with van der Waals surface area (Å²) in [6, 6.07) is 37.2. The maximum atomic E-state index is 13.6. The van der Waals surface area contributed by atoms with Gasteiger partial charge in [-0.1, -0.05) is 97.9 Å². The van der Waals surface area contributed by atoms with Crippen molar-refractivity contribution in [3.8, 4) is 27.9 Å². The minimum atomic E-state index is -3.63. The predicted molar refractivity (Wildman–Crippen MR) is 163 cm³/mol. The first-order chi connectivity index (χ1) is 20.0. The Morgan fingerprint density at radius 2 is 1.49 bits per heavy atom. The van der Waals surface area contributed by atoms with Crippen LogP contribution in [0.2, 0.25) is 0 Å². The fraction of sp³-hybridized carbons (Fsp3) is 0.139. The molecule has 0 saturated carbocycles. The van der Waals surface area contributed by atoms with Crippen molar-refractivity contribution in [2.45, 2.75) is 41.9 Å². The maximum absolute atomic E-state index is 13.6. The highest BCUT2D eigenvalue weighted by molar-refractivity contribution is 7.92. The summed E-state index contributed by atoms with van der Waals surface area (Å²) in [6.07, 6.45) is 2.70. The second-order valence-corrected chi connectivity index (χ2v) is 12.9. The van der Waals surface area contributed by atoms with Gasteiger partial charge in [0.2, 0.25) is 9.84 Å². The van der Waals surface area contributed by atoms with Crippen molar-refractivity contribution < 1.29 is 8.42 Å². The lowest BCUT2D eigenvalue weighted by Crippen LogP contribution is -2.15. The quantitative estimate of drug-likeness (QED) is 0.223. The highest BCUT2D eigenvalue weighted by atomic mass is 32.2. The third kappa shape index (κ3) is 3.58. The smallest absolute Gasteiger partial charge is 0.210 e. The van der Waals surface area contributed by atoms with E-state index in [1.807, 2.05) is 22.8 Å². The molecule has 1 aliphatic carbocycles. The Kier molecular flexibility index (Phi) is 5.35. The van der Waals surface area contributed by atoms with Crippen molar-refractivity contribution in [2.24, 2.45) is 0 Å². The third-order valence-corrected chi connectivity index (χ3v) is 10.6. The van der Waals surface area contributed by atoms with Gasteiger partial charge in [0.15, 0.2) is 0 Å². The first-order valence-corrected chi connectivity index (χ1v) is 15.7. The summed E-state index contributed by atoms with van der Waals surface area (Å²) in [7, 11) is -3.63. The van der Waals surface area contributed by atoms with E-state index in [9.17, 15) is 8.42 Å². The number of benzene rings is 5. The van der Waals surface area contributed by atoms with Crippen LogP contribution >= 0.6 is 0 Å². The largest absolute Gasteiger partial charge is 0.294 e. The van der Waals surface area contributed by atoms with E-state index in [0.717, 1.165) is 35.3 Å². The standard InChI is InChI=1S/C36H28N2O2S/c1-2-34-37-35-29(19-20-33-36(35)38(34)31-13-7-8-14-32(31)41(33,39)40)24-17-15-23(16-18-24)21-26-22-25-9-3-4-10-27(25)30-12-6-5-11-28(26)30/h3-20,26H,2,21-22H2,1H3. The van der Waals surface area contributed by atoms with E-state index in [2.05, 4.69) is 79.7 Å². The Hall–Kier alpha value is -4.48. The SMILES string of the molecule is CCc1nc2c(-c3ccc(CC4Cc5ccccc5-c5ccccc54)cc3)ccc3c2n1-c1ccccc1S3(=O)=O. The topological polar surface area (TPSA) is 52.0 Å². The van der Waals surface area contributed by atoms with Crippen molar-refractivity contribution in [1.29, 1.82) is 0 Å². The zero-order chi connectivity index (χ0) is 27.7. The lowest BCUT2D eigenvalue weighted by atomic mass is 9.76. The van der Waals surface area contributed by atoms with Crippen LogP contribution < -0.4 is 0 Å². The van der Waals surface area contributed by atoms with Crippen LogP contribution in [0.15, 0.2) is 119 Å². The Balaban J connectivity index is 1.19. The number of rotatable bonds is 4. The van der Waals surface area contributed by atoms with Gasteiger partial charge < -0.3 is 0 Å². The molecule has 0 saturated heterocycles. The number of sulfone groups is 1. The molecule has 41 heavy (non-hydrogen) atoms. The summed E-state index contributed by atoms with van der Waals surface area (Å²) < 4.78 is 29.2. The highest BCUT2D eigenvalue weighted by Gasteiger charge is 2.34. The summed E-state index contributed by atoms with van der Waals surface area (Å²) in [5, 5.41) is 0. The van der Waals surface area contributed by atoms with Crippen molar-refractivity contribution >= 4 is 20.9 Å². The van der Waals surface area contributed by atoms with Gasteiger partial charge in [-0.2, -0.15) is 0 Å². The molecule has 2 heterocycles. The summed E-state index contributed by atoms with van der Waals surface area (Å²) >= 11 is 0. The molecule has 1 aromatic heterocycles. The van der Waals surface area contributed by atoms with Gasteiger partial charge in [0.05, 0.1) is 26.5 Å². The normalized spacial score (nSPS) is 16.2. The van der Waals surface area contributed by atoms with Crippen molar-refractivity contribution in [3.05, 3.63) is 132 Å². The molecule has 1 atom stereocenters. The number of aromatic nitrogens is 2. The van der Waals surface area contributed by atoms with Crippen LogP contribution in [0.1, 0.15) is 35.4 Å². The lowest BCUT2D eigenvalue weighted by molar-refractivity contribution is 0.594. The van der Waals surface area contributed by atoms with Crippen molar-refractivity contribution in [3.63, 3.8) is 0 Å². The van der Waals surface area contributed by atoms with E-state index in [4.69, 9.17) is 4.98 Å². The number of imidazole rings is 1. The summed E-state index contributed by atoms with van der Waals surface area (Å²) in [6.45, 7) is 2.06. The second-order valence-electron chi connectivity index (χ2n) is 11.0. The van der Waals surface area contributed by atoms with Gasteiger partial charge in [-0.15, -0.1) is 0 Å². The number of para-hydroxylation sites is 1. The molecule has 6 aromatic rings. The Bertz CT molecular complexity index is 2110. The molecular formula is C36H28N2O2S. The molecule has 0 N–H and O–H groups in total. The maximum Gasteiger partial charge on any atom is 0.210 e. The number of hydrogen-bond donors (Lipinski definition) is 0. The predicted octanol–water partition coefficient (Wildman–Crippen LogP) is 7.95. The monoisotopic (exact) mass is 552 g/mol. The Morgan fingerprint density at radius 3 is 2.32 bits per heavy atom. The van der Waals surface area contributed by atoms with E-state index in [1.165, 1.54) is 27.8 Å².